The van der Waals surface area contributed by atoms with Gasteiger partial charge in [-0.15, -0.1) is 24.8 Å². The number of aromatic nitrogens is 2. The second-order valence-corrected chi connectivity index (χ2v) is 2.96. The molecular weight excluding hydrogens is 267 g/mol. The number of halogens is 2. The molecule has 2 aromatic rings. The lowest BCUT2D eigenvalue weighted by Gasteiger charge is -1.98. The molecule has 3 N–H and O–H groups in total. The molecule has 1 aromatic heterocycles. The third kappa shape index (κ3) is 3.08. The molecule has 8 heteroatoms. The number of anilines is 1. The zero-order valence-electron chi connectivity index (χ0n) is 8.49. The van der Waals surface area contributed by atoms with Crippen LogP contribution in [0.5, 0.6) is 0 Å². The van der Waals surface area contributed by atoms with E-state index in [0.29, 0.717) is 11.3 Å². The zero-order valence-corrected chi connectivity index (χ0v) is 10.1. The Morgan fingerprint density at radius 2 is 1.94 bits per heavy atom. The summed E-state index contributed by atoms with van der Waals surface area (Å²) in [6.07, 6.45) is 1.47. The van der Waals surface area contributed by atoms with Crippen LogP contribution in [0.3, 0.4) is 0 Å². The molecule has 0 aliphatic heterocycles. The van der Waals surface area contributed by atoms with E-state index in [1.807, 2.05) is 0 Å². The molecule has 0 aliphatic rings. The van der Waals surface area contributed by atoms with Crippen LogP contribution in [-0.2, 0) is 0 Å². The lowest BCUT2D eigenvalue weighted by atomic mass is 10.1. The quantitative estimate of drug-likeness (QED) is 0.650. The third-order valence-corrected chi connectivity index (χ3v) is 1.99. The Balaban J connectivity index is 0.00000128. The topological polar surface area (TPSA) is 97.8 Å². The Hall–Kier alpha value is -1.79. The summed E-state index contributed by atoms with van der Waals surface area (Å²) in [5.41, 5.74) is 6.45. The zero-order chi connectivity index (χ0) is 10.8. The summed E-state index contributed by atoms with van der Waals surface area (Å²) >= 11 is 0. The first-order valence-corrected chi connectivity index (χ1v) is 4.23. The summed E-state index contributed by atoms with van der Waals surface area (Å²) in [7, 11) is 0. The summed E-state index contributed by atoms with van der Waals surface area (Å²) in [6.45, 7) is 0. The van der Waals surface area contributed by atoms with Crippen LogP contribution in [0.25, 0.3) is 11.3 Å². The number of para-hydroxylation sites is 1. The third-order valence-electron chi connectivity index (χ3n) is 1.99. The molecule has 0 amide bonds. The van der Waals surface area contributed by atoms with Gasteiger partial charge in [-0.2, -0.15) is 0 Å². The number of nitrogens with one attached hydrogen (secondary N) is 1. The Kier molecular flexibility index (Phi) is 5.43. The van der Waals surface area contributed by atoms with E-state index in [9.17, 15) is 10.1 Å². The molecule has 0 saturated heterocycles. The van der Waals surface area contributed by atoms with Crippen LogP contribution in [0, 0.1) is 10.1 Å². The van der Waals surface area contributed by atoms with Crippen molar-refractivity contribution in [3.8, 4) is 11.3 Å². The fraction of sp³-hybridized carbons (Fsp3) is 0. The van der Waals surface area contributed by atoms with Crippen LogP contribution in [-0.4, -0.2) is 14.9 Å². The van der Waals surface area contributed by atoms with Crippen molar-refractivity contribution in [3.05, 3.63) is 40.6 Å². The maximum Gasteiger partial charge on any atom is 0.278 e. The van der Waals surface area contributed by atoms with E-state index in [2.05, 4.69) is 9.97 Å². The molecule has 0 radical (unpaired) electrons. The Labute approximate surface area is 109 Å². The molecule has 0 unspecified atom stereocenters. The smallest absolute Gasteiger partial charge is 0.278 e. The molecule has 2 rings (SSSR count). The monoisotopic (exact) mass is 276 g/mol. The Bertz CT molecular complexity index is 515. The van der Waals surface area contributed by atoms with E-state index < -0.39 is 4.92 Å². The fourth-order valence-electron chi connectivity index (χ4n) is 1.33. The van der Waals surface area contributed by atoms with E-state index in [-0.39, 0.29) is 36.4 Å². The second-order valence-electron chi connectivity index (χ2n) is 2.96. The first-order chi connectivity index (χ1) is 7.18. The summed E-state index contributed by atoms with van der Waals surface area (Å²) in [6, 6.07) is 6.41. The first-order valence-electron chi connectivity index (χ1n) is 4.23. The molecule has 92 valence electrons. The highest BCUT2D eigenvalue weighted by Gasteiger charge is 2.15. The van der Waals surface area contributed by atoms with Gasteiger partial charge in [-0.1, -0.05) is 12.1 Å². The van der Waals surface area contributed by atoms with Crippen LogP contribution in [0.2, 0.25) is 0 Å². The second kappa shape index (κ2) is 6.07. The van der Waals surface area contributed by atoms with Gasteiger partial charge in [0.15, 0.2) is 5.95 Å². The number of benzene rings is 1. The van der Waals surface area contributed by atoms with E-state index in [1.165, 1.54) is 12.3 Å². The highest BCUT2D eigenvalue weighted by molar-refractivity contribution is 5.85. The molecule has 6 nitrogen and oxygen atoms in total. The van der Waals surface area contributed by atoms with E-state index in [1.54, 1.807) is 18.2 Å². The number of H-pyrrole nitrogens is 1. The number of rotatable bonds is 2. The molecule has 0 fully saturated rings. The van der Waals surface area contributed by atoms with E-state index in [0.717, 1.165) is 0 Å². The molecule has 0 saturated carbocycles. The van der Waals surface area contributed by atoms with Crippen LogP contribution >= 0.6 is 24.8 Å². The number of nitrogens with two attached hydrogens (primary N) is 1. The highest BCUT2D eigenvalue weighted by Crippen LogP contribution is 2.27. The average molecular weight is 277 g/mol. The summed E-state index contributed by atoms with van der Waals surface area (Å²) in [5, 5.41) is 10.7. The molecular formula is C9H10Cl2N4O2. The number of nitrogen functional groups attached to an aromatic ring is 1. The van der Waals surface area contributed by atoms with Gasteiger partial charge in [0, 0.05) is 6.07 Å². The van der Waals surface area contributed by atoms with Crippen LogP contribution < -0.4 is 5.73 Å². The highest BCUT2D eigenvalue weighted by atomic mass is 35.5. The molecule has 0 spiro atoms. The van der Waals surface area contributed by atoms with Crippen molar-refractivity contribution >= 4 is 36.4 Å². The van der Waals surface area contributed by atoms with Crippen molar-refractivity contribution in [2.75, 3.05) is 5.73 Å². The van der Waals surface area contributed by atoms with Crippen LogP contribution in [0.15, 0.2) is 30.5 Å². The largest absolute Gasteiger partial charge is 0.369 e. The number of nitro benzene ring substituents is 1. The summed E-state index contributed by atoms with van der Waals surface area (Å²) in [5.74, 6) is 0.239. The van der Waals surface area contributed by atoms with Gasteiger partial charge in [0.2, 0.25) is 0 Å². The predicted octanol–water partition coefficient (Wildman–Crippen LogP) is 2.41. The minimum Gasteiger partial charge on any atom is -0.369 e. The van der Waals surface area contributed by atoms with Gasteiger partial charge in [-0.3, -0.25) is 10.1 Å². The number of hydrogen-bond donors (Lipinski definition) is 2. The molecule has 17 heavy (non-hydrogen) atoms. The van der Waals surface area contributed by atoms with Gasteiger partial charge in [-0.05, 0) is 6.07 Å². The van der Waals surface area contributed by atoms with Crippen molar-refractivity contribution in [3.63, 3.8) is 0 Å². The van der Waals surface area contributed by atoms with Gasteiger partial charge < -0.3 is 10.7 Å². The average Bonchev–Trinajstić information content (AvgIpc) is 2.65. The van der Waals surface area contributed by atoms with Gasteiger partial charge >= 0.3 is 0 Å². The van der Waals surface area contributed by atoms with Crippen molar-refractivity contribution in [1.82, 2.24) is 9.97 Å². The minimum atomic E-state index is -0.438. The van der Waals surface area contributed by atoms with E-state index in [4.69, 9.17) is 5.73 Å². The van der Waals surface area contributed by atoms with Crippen molar-refractivity contribution < 1.29 is 4.92 Å². The summed E-state index contributed by atoms with van der Waals surface area (Å²) < 4.78 is 0. The van der Waals surface area contributed by atoms with E-state index >= 15 is 0 Å². The maximum atomic E-state index is 10.7. The van der Waals surface area contributed by atoms with Crippen molar-refractivity contribution in [2.24, 2.45) is 0 Å². The van der Waals surface area contributed by atoms with Gasteiger partial charge in [0.05, 0.1) is 22.4 Å². The molecule has 0 atom stereocenters. The van der Waals surface area contributed by atoms with Gasteiger partial charge in [0.25, 0.3) is 5.69 Å². The van der Waals surface area contributed by atoms with Gasteiger partial charge in [-0.25, -0.2) is 4.98 Å². The lowest BCUT2D eigenvalue weighted by molar-refractivity contribution is -0.384. The van der Waals surface area contributed by atoms with Crippen molar-refractivity contribution in [2.45, 2.75) is 0 Å². The number of aromatic amines is 1. The first kappa shape index (κ1) is 15.2. The molecule has 1 heterocycles. The predicted molar refractivity (Wildman–Crippen MR) is 69.6 cm³/mol. The van der Waals surface area contributed by atoms with Crippen molar-refractivity contribution in [1.29, 1.82) is 0 Å². The lowest BCUT2D eigenvalue weighted by Crippen LogP contribution is -1.92. The Morgan fingerprint density at radius 3 is 2.47 bits per heavy atom. The normalized spacial score (nSPS) is 8.94. The minimum absolute atomic E-state index is 0. The Morgan fingerprint density at radius 1 is 1.29 bits per heavy atom. The SMILES string of the molecule is Cl.Cl.Nc1ncc(-c2ccccc2[N+](=O)[O-])[nH]1. The summed E-state index contributed by atoms with van der Waals surface area (Å²) in [4.78, 5) is 16.8. The molecule has 1 aromatic carbocycles. The fourth-order valence-corrected chi connectivity index (χ4v) is 1.33. The number of nitrogens with zero attached hydrogens (tertiary/aromatic N) is 2. The standard InChI is InChI=1S/C9H8N4O2.2ClH/c10-9-11-5-7(12-9)6-3-1-2-4-8(6)13(14)15;;/h1-5H,(H3,10,11,12);2*1H. The number of imidazole rings is 1. The van der Waals surface area contributed by atoms with Crippen LogP contribution in [0.4, 0.5) is 11.6 Å². The molecule has 0 aliphatic carbocycles. The van der Waals surface area contributed by atoms with Crippen LogP contribution in [0.1, 0.15) is 0 Å². The number of nitro groups is 1. The maximum absolute atomic E-state index is 10.7. The number of hydrogen-bond acceptors (Lipinski definition) is 4. The van der Waals surface area contributed by atoms with Gasteiger partial charge in [0.1, 0.15) is 0 Å². The molecule has 0 bridgehead atoms.